The summed E-state index contributed by atoms with van der Waals surface area (Å²) in [5.41, 5.74) is 3.99. The first-order valence-corrected chi connectivity index (χ1v) is 14.4. The lowest BCUT2D eigenvalue weighted by Crippen LogP contribution is -2.29. The number of rotatable bonds is 10. The summed E-state index contributed by atoms with van der Waals surface area (Å²) in [5.74, 6) is -1.25. The highest BCUT2D eigenvalue weighted by atomic mass is 19.4. The van der Waals surface area contributed by atoms with Crippen molar-refractivity contribution < 1.29 is 32.3 Å². The molecule has 0 heterocycles. The van der Waals surface area contributed by atoms with Gasteiger partial charge in [-0.1, -0.05) is 84.9 Å². The Kier molecular flexibility index (Phi) is 9.92. The van der Waals surface area contributed by atoms with Gasteiger partial charge in [0.05, 0.1) is 24.1 Å². The van der Waals surface area contributed by atoms with Crippen molar-refractivity contribution in [3.63, 3.8) is 0 Å². The topological polar surface area (TPSA) is 84.5 Å². The van der Waals surface area contributed by atoms with Gasteiger partial charge in [0, 0.05) is 11.3 Å². The van der Waals surface area contributed by atoms with Crippen LogP contribution >= 0.6 is 0 Å². The Morgan fingerprint density at radius 3 is 1.96 bits per heavy atom. The minimum atomic E-state index is -4.46. The van der Waals surface area contributed by atoms with Gasteiger partial charge in [0.2, 0.25) is 5.91 Å². The Hall–Kier alpha value is -5.70. The lowest BCUT2D eigenvalue weighted by atomic mass is 9.97. The number of hydrogen-bond acceptors (Lipinski definition) is 4. The number of ether oxygens (including phenoxy) is 1. The van der Waals surface area contributed by atoms with Crippen LogP contribution in [-0.4, -0.2) is 30.9 Å². The molecule has 5 rings (SSSR count). The molecule has 0 radical (unpaired) electrons. The molecule has 0 atom stereocenters. The number of halogens is 3. The summed E-state index contributed by atoms with van der Waals surface area (Å²) < 4.78 is 44.2. The summed E-state index contributed by atoms with van der Waals surface area (Å²) in [6.07, 6.45) is -4.28. The maximum atomic E-state index is 13.1. The molecule has 0 fully saturated rings. The third-order valence-corrected chi connectivity index (χ3v) is 7.18. The first-order valence-electron chi connectivity index (χ1n) is 14.4. The maximum Gasteiger partial charge on any atom is 0.416 e. The van der Waals surface area contributed by atoms with Crippen molar-refractivity contribution in [3.8, 4) is 22.3 Å². The Balaban J connectivity index is 1.11. The van der Waals surface area contributed by atoms with Crippen molar-refractivity contribution in [1.29, 1.82) is 0 Å². The van der Waals surface area contributed by atoms with Crippen LogP contribution in [0.3, 0.4) is 0 Å². The van der Waals surface area contributed by atoms with Gasteiger partial charge < -0.3 is 15.4 Å². The maximum absolute atomic E-state index is 13.1. The van der Waals surface area contributed by atoms with E-state index in [1.807, 2.05) is 54.6 Å². The zero-order valence-electron chi connectivity index (χ0n) is 24.5. The predicted octanol–water partition coefficient (Wildman–Crippen LogP) is 7.81. The third kappa shape index (κ3) is 8.06. The van der Waals surface area contributed by atoms with E-state index in [4.69, 9.17) is 4.74 Å². The van der Waals surface area contributed by atoms with Crippen LogP contribution in [0.15, 0.2) is 127 Å². The van der Waals surface area contributed by atoms with Crippen LogP contribution < -0.4 is 10.6 Å². The standard InChI is InChI=1S/C37H29F3N2O4/c38-37(39,40)29-18-14-26(15-19-29)32-12-6-7-13-33(32)35(44)42-30-20-16-27(17-21-30)36(45)46-23-22-41-34(43)24-28-10-4-5-11-31(28)25-8-2-1-3-9-25/h1-21H,22-24H2,(H,41,43)(H,42,44). The van der Waals surface area contributed by atoms with Crippen molar-refractivity contribution in [2.45, 2.75) is 12.6 Å². The summed E-state index contributed by atoms with van der Waals surface area (Å²) >= 11 is 0. The van der Waals surface area contributed by atoms with Crippen LogP contribution in [0.2, 0.25) is 0 Å². The quantitative estimate of drug-likeness (QED) is 0.123. The van der Waals surface area contributed by atoms with E-state index < -0.39 is 23.6 Å². The molecule has 2 N–H and O–H groups in total. The molecule has 0 saturated heterocycles. The second kappa shape index (κ2) is 14.4. The molecule has 2 amide bonds. The largest absolute Gasteiger partial charge is 0.460 e. The molecule has 0 aliphatic heterocycles. The van der Waals surface area contributed by atoms with Gasteiger partial charge in [0.25, 0.3) is 5.91 Å². The zero-order chi connectivity index (χ0) is 32.5. The van der Waals surface area contributed by atoms with E-state index in [0.29, 0.717) is 16.8 Å². The van der Waals surface area contributed by atoms with Crippen molar-refractivity contribution in [1.82, 2.24) is 5.32 Å². The first-order chi connectivity index (χ1) is 22.2. The highest BCUT2D eigenvalue weighted by molar-refractivity contribution is 6.08. The third-order valence-electron chi connectivity index (χ3n) is 7.18. The number of carbonyl (C=O) groups is 3. The highest BCUT2D eigenvalue weighted by Crippen LogP contribution is 2.32. The molecular weight excluding hydrogens is 593 g/mol. The van der Waals surface area contributed by atoms with E-state index >= 15 is 0 Å². The monoisotopic (exact) mass is 622 g/mol. The molecule has 0 bridgehead atoms. The number of amides is 2. The summed E-state index contributed by atoms with van der Waals surface area (Å²) in [7, 11) is 0. The van der Waals surface area contributed by atoms with Crippen molar-refractivity contribution in [3.05, 3.63) is 150 Å². The molecule has 0 aliphatic carbocycles. The van der Waals surface area contributed by atoms with Crippen molar-refractivity contribution in [2.75, 3.05) is 18.5 Å². The van der Waals surface area contributed by atoms with Crippen LogP contribution in [0.4, 0.5) is 18.9 Å². The predicted molar refractivity (Wildman–Crippen MR) is 170 cm³/mol. The van der Waals surface area contributed by atoms with Crippen LogP contribution in [0, 0.1) is 0 Å². The van der Waals surface area contributed by atoms with Crippen LogP contribution in [0.5, 0.6) is 0 Å². The molecule has 5 aromatic carbocycles. The van der Waals surface area contributed by atoms with Gasteiger partial charge in [-0.25, -0.2) is 4.79 Å². The smallest absolute Gasteiger partial charge is 0.416 e. The SMILES string of the molecule is O=C(Cc1ccccc1-c1ccccc1)NCCOC(=O)c1ccc(NC(=O)c2ccccc2-c2ccc(C(F)(F)F)cc2)cc1. The molecule has 0 spiro atoms. The van der Waals surface area contributed by atoms with E-state index in [9.17, 15) is 27.6 Å². The molecule has 232 valence electrons. The molecule has 46 heavy (non-hydrogen) atoms. The number of hydrogen-bond donors (Lipinski definition) is 2. The number of anilines is 1. The summed E-state index contributed by atoms with van der Waals surface area (Å²) in [5, 5.41) is 5.53. The van der Waals surface area contributed by atoms with Gasteiger partial charge in [0.15, 0.2) is 0 Å². The highest BCUT2D eigenvalue weighted by Gasteiger charge is 2.30. The molecule has 0 aliphatic rings. The van der Waals surface area contributed by atoms with E-state index in [2.05, 4.69) is 10.6 Å². The fourth-order valence-corrected chi connectivity index (χ4v) is 4.89. The Morgan fingerprint density at radius 2 is 1.26 bits per heavy atom. The van der Waals surface area contributed by atoms with Crippen molar-refractivity contribution in [2.24, 2.45) is 0 Å². The van der Waals surface area contributed by atoms with Gasteiger partial charge >= 0.3 is 12.1 Å². The molecule has 0 saturated carbocycles. The van der Waals surface area contributed by atoms with E-state index in [-0.39, 0.29) is 36.6 Å². The van der Waals surface area contributed by atoms with Gasteiger partial charge in [0.1, 0.15) is 6.61 Å². The zero-order valence-corrected chi connectivity index (χ0v) is 24.5. The van der Waals surface area contributed by atoms with E-state index in [1.165, 1.54) is 24.3 Å². The number of alkyl halides is 3. The van der Waals surface area contributed by atoms with Crippen LogP contribution in [0.1, 0.15) is 31.8 Å². The van der Waals surface area contributed by atoms with Gasteiger partial charge in [-0.15, -0.1) is 0 Å². The van der Waals surface area contributed by atoms with Crippen molar-refractivity contribution >= 4 is 23.5 Å². The normalized spacial score (nSPS) is 11.0. The number of carbonyl (C=O) groups excluding carboxylic acids is 3. The fraction of sp³-hybridized carbons (Fsp3) is 0.108. The molecular formula is C37H29F3N2O4. The number of esters is 1. The molecule has 0 aromatic heterocycles. The molecule has 6 nitrogen and oxygen atoms in total. The van der Waals surface area contributed by atoms with E-state index in [1.54, 1.807) is 36.4 Å². The van der Waals surface area contributed by atoms with E-state index in [0.717, 1.165) is 28.8 Å². The van der Waals surface area contributed by atoms with Crippen LogP contribution in [-0.2, 0) is 22.1 Å². The van der Waals surface area contributed by atoms with Gasteiger partial charge in [-0.3, -0.25) is 9.59 Å². The molecule has 0 unspecified atom stereocenters. The average Bonchev–Trinajstić information content (AvgIpc) is 3.07. The second-order valence-corrected chi connectivity index (χ2v) is 10.3. The second-order valence-electron chi connectivity index (χ2n) is 10.3. The molecule has 5 aromatic rings. The number of benzene rings is 5. The van der Waals surface area contributed by atoms with Gasteiger partial charge in [-0.2, -0.15) is 13.2 Å². The van der Waals surface area contributed by atoms with Gasteiger partial charge in [-0.05, 0) is 70.3 Å². The lowest BCUT2D eigenvalue weighted by Gasteiger charge is -2.12. The Bertz CT molecular complexity index is 1820. The van der Waals surface area contributed by atoms with Crippen LogP contribution in [0.25, 0.3) is 22.3 Å². The minimum absolute atomic E-state index is 0.0237. The Labute approximate surface area is 263 Å². The minimum Gasteiger partial charge on any atom is -0.460 e. The number of nitrogens with one attached hydrogen (secondary N) is 2. The fourth-order valence-electron chi connectivity index (χ4n) is 4.89. The average molecular weight is 623 g/mol. The first kappa shape index (κ1) is 31.7. The summed E-state index contributed by atoms with van der Waals surface area (Å²) in [6, 6.07) is 34.8. The Morgan fingerprint density at radius 1 is 0.652 bits per heavy atom. The summed E-state index contributed by atoms with van der Waals surface area (Å²) in [6.45, 7) is 0.120. The molecule has 9 heteroatoms. The summed E-state index contributed by atoms with van der Waals surface area (Å²) in [4.78, 5) is 38.2. The lowest BCUT2D eigenvalue weighted by molar-refractivity contribution is -0.137.